The van der Waals surface area contributed by atoms with E-state index in [-0.39, 0.29) is 35.0 Å². The molecule has 102 valence electrons. The molecule has 1 atom stereocenters. The SMILES string of the molecule is CCOC(=S)S/C=C1/CC(C(F)(F)F)CCC1=O. The Bertz CT molecular complexity index is 364. The predicted octanol–water partition coefficient (Wildman–Crippen LogP) is 3.86. The first kappa shape index (κ1) is 15.5. The van der Waals surface area contributed by atoms with E-state index >= 15 is 0 Å². The van der Waals surface area contributed by atoms with Gasteiger partial charge in [-0.1, -0.05) is 0 Å². The van der Waals surface area contributed by atoms with Crippen LogP contribution in [0, 0.1) is 5.92 Å². The zero-order valence-electron chi connectivity index (χ0n) is 9.75. The molecule has 0 heterocycles. The number of rotatable bonds is 2. The first-order valence-corrected chi connectivity index (χ1v) is 6.75. The van der Waals surface area contributed by atoms with Crippen molar-refractivity contribution in [2.24, 2.45) is 5.92 Å². The zero-order chi connectivity index (χ0) is 13.8. The zero-order valence-corrected chi connectivity index (χ0v) is 11.4. The van der Waals surface area contributed by atoms with Gasteiger partial charge in [0.1, 0.15) is 0 Å². The number of alkyl halides is 3. The number of hydrogen-bond acceptors (Lipinski definition) is 4. The largest absolute Gasteiger partial charge is 0.479 e. The van der Waals surface area contributed by atoms with E-state index in [2.05, 4.69) is 0 Å². The van der Waals surface area contributed by atoms with Gasteiger partial charge in [0.2, 0.25) is 4.38 Å². The highest BCUT2D eigenvalue weighted by Gasteiger charge is 2.42. The number of allylic oxidation sites excluding steroid dienone is 1. The summed E-state index contributed by atoms with van der Waals surface area (Å²) in [6, 6.07) is 0. The van der Waals surface area contributed by atoms with Crippen LogP contribution in [0.1, 0.15) is 26.2 Å². The fourth-order valence-corrected chi connectivity index (χ4v) is 2.53. The maximum absolute atomic E-state index is 12.6. The molecular weight excluding hydrogens is 285 g/mol. The van der Waals surface area contributed by atoms with Gasteiger partial charge in [-0.05, 0) is 49.2 Å². The fraction of sp³-hybridized carbons (Fsp3) is 0.636. The molecule has 1 saturated carbocycles. The van der Waals surface area contributed by atoms with Crippen LogP contribution in [-0.4, -0.2) is 22.9 Å². The van der Waals surface area contributed by atoms with Gasteiger partial charge >= 0.3 is 6.18 Å². The minimum absolute atomic E-state index is 0.0576. The van der Waals surface area contributed by atoms with E-state index in [9.17, 15) is 18.0 Å². The van der Waals surface area contributed by atoms with Gasteiger partial charge in [0.15, 0.2) is 5.78 Å². The van der Waals surface area contributed by atoms with Gasteiger partial charge in [0, 0.05) is 12.0 Å². The lowest BCUT2D eigenvalue weighted by Crippen LogP contribution is -2.29. The molecule has 0 aromatic carbocycles. The molecule has 0 aromatic rings. The third-order valence-electron chi connectivity index (χ3n) is 2.57. The van der Waals surface area contributed by atoms with Crippen LogP contribution in [0.4, 0.5) is 13.2 Å². The molecule has 1 fully saturated rings. The van der Waals surface area contributed by atoms with Crippen LogP contribution in [0.3, 0.4) is 0 Å². The third-order valence-corrected chi connectivity index (χ3v) is 3.69. The maximum Gasteiger partial charge on any atom is 0.392 e. The first-order valence-electron chi connectivity index (χ1n) is 5.47. The number of carbonyl (C=O) groups is 1. The molecule has 2 nitrogen and oxygen atoms in total. The van der Waals surface area contributed by atoms with Crippen LogP contribution in [0.2, 0.25) is 0 Å². The van der Waals surface area contributed by atoms with Crippen molar-refractivity contribution in [3.05, 3.63) is 11.0 Å². The summed E-state index contributed by atoms with van der Waals surface area (Å²) in [5.74, 6) is -1.66. The number of ether oxygens (including phenoxy) is 1. The highest BCUT2D eigenvalue weighted by Crippen LogP contribution is 2.39. The van der Waals surface area contributed by atoms with Crippen LogP contribution >= 0.6 is 24.0 Å². The summed E-state index contributed by atoms with van der Waals surface area (Å²) in [5.41, 5.74) is 0.190. The Morgan fingerprint density at radius 3 is 2.83 bits per heavy atom. The summed E-state index contributed by atoms with van der Waals surface area (Å²) < 4.78 is 42.9. The van der Waals surface area contributed by atoms with Crippen molar-refractivity contribution in [2.45, 2.75) is 32.4 Å². The van der Waals surface area contributed by atoms with Gasteiger partial charge in [0.05, 0.1) is 12.5 Å². The van der Waals surface area contributed by atoms with E-state index in [1.54, 1.807) is 6.92 Å². The number of thioether (sulfide) groups is 1. The normalized spacial score (nSPS) is 23.2. The van der Waals surface area contributed by atoms with Crippen LogP contribution in [0.5, 0.6) is 0 Å². The molecule has 0 saturated heterocycles. The van der Waals surface area contributed by atoms with Crippen molar-refractivity contribution in [1.82, 2.24) is 0 Å². The quantitative estimate of drug-likeness (QED) is 0.571. The lowest BCUT2D eigenvalue weighted by atomic mass is 9.85. The third kappa shape index (κ3) is 4.61. The summed E-state index contributed by atoms with van der Waals surface area (Å²) >= 11 is 5.81. The minimum atomic E-state index is -4.25. The Hall–Kier alpha value is -0.560. The number of carbonyl (C=O) groups excluding carboxylic acids is 1. The second-order valence-corrected chi connectivity index (χ2v) is 5.32. The Morgan fingerprint density at radius 1 is 1.61 bits per heavy atom. The Labute approximate surface area is 113 Å². The average Bonchev–Trinajstić information content (AvgIpc) is 2.26. The van der Waals surface area contributed by atoms with Gasteiger partial charge in [-0.2, -0.15) is 13.2 Å². The van der Waals surface area contributed by atoms with Gasteiger partial charge in [-0.15, -0.1) is 0 Å². The minimum Gasteiger partial charge on any atom is -0.479 e. The van der Waals surface area contributed by atoms with Gasteiger partial charge in [0.25, 0.3) is 0 Å². The molecule has 0 N–H and O–H groups in total. The molecule has 1 rings (SSSR count). The fourth-order valence-electron chi connectivity index (χ4n) is 1.61. The molecule has 7 heteroatoms. The van der Waals surface area contributed by atoms with Crippen molar-refractivity contribution in [3.8, 4) is 0 Å². The Morgan fingerprint density at radius 2 is 2.28 bits per heavy atom. The van der Waals surface area contributed by atoms with E-state index in [0.29, 0.717) is 6.61 Å². The molecule has 1 aliphatic rings. The number of hydrogen-bond donors (Lipinski definition) is 0. The molecule has 1 aliphatic carbocycles. The lowest BCUT2D eigenvalue weighted by molar-refractivity contribution is -0.178. The van der Waals surface area contributed by atoms with Crippen molar-refractivity contribution in [2.75, 3.05) is 6.61 Å². The van der Waals surface area contributed by atoms with Gasteiger partial charge in [-0.3, -0.25) is 4.79 Å². The van der Waals surface area contributed by atoms with E-state index < -0.39 is 12.1 Å². The Balaban J connectivity index is 2.65. The Kier molecular flexibility index (Phi) is 5.65. The smallest absolute Gasteiger partial charge is 0.392 e. The number of thiocarbonyl (C=S) groups is 1. The molecule has 0 radical (unpaired) electrons. The first-order chi connectivity index (χ1) is 8.34. The predicted molar refractivity (Wildman–Crippen MR) is 68.3 cm³/mol. The average molecular weight is 298 g/mol. The van der Waals surface area contributed by atoms with Crippen molar-refractivity contribution in [3.63, 3.8) is 0 Å². The van der Waals surface area contributed by atoms with E-state index in [4.69, 9.17) is 17.0 Å². The highest BCUT2D eigenvalue weighted by molar-refractivity contribution is 8.24. The van der Waals surface area contributed by atoms with Gasteiger partial charge < -0.3 is 4.74 Å². The molecule has 0 bridgehead atoms. The van der Waals surface area contributed by atoms with E-state index in [0.717, 1.165) is 11.8 Å². The molecule has 0 aromatic heterocycles. The highest BCUT2D eigenvalue weighted by atomic mass is 32.2. The summed E-state index contributed by atoms with van der Waals surface area (Å²) in [7, 11) is 0. The standard InChI is InChI=1S/C11H13F3O2S2/c1-2-16-10(17)18-6-7-5-8(11(12,13)14)3-4-9(7)15/h6,8H,2-5H2,1H3/b7-6-. The molecule has 1 unspecified atom stereocenters. The van der Waals surface area contributed by atoms with Crippen LogP contribution < -0.4 is 0 Å². The molecular formula is C11H13F3O2S2. The molecule has 0 spiro atoms. The van der Waals surface area contributed by atoms with Gasteiger partial charge in [-0.25, -0.2) is 0 Å². The van der Waals surface area contributed by atoms with Crippen molar-refractivity contribution in [1.29, 1.82) is 0 Å². The number of ketones is 1. The van der Waals surface area contributed by atoms with Crippen LogP contribution in [-0.2, 0) is 9.53 Å². The number of Topliss-reactive ketones (excluding diaryl/α,β-unsaturated/α-hetero) is 1. The lowest BCUT2D eigenvalue weighted by Gasteiger charge is -2.25. The maximum atomic E-state index is 12.6. The second kappa shape index (κ2) is 6.56. The van der Waals surface area contributed by atoms with E-state index in [1.807, 2.05) is 0 Å². The second-order valence-electron chi connectivity index (χ2n) is 3.85. The number of halogens is 3. The van der Waals surface area contributed by atoms with Crippen molar-refractivity contribution < 1.29 is 22.7 Å². The molecule has 0 amide bonds. The molecule has 18 heavy (non-hydrogen) atoms. The van der Waals surface area contributed by atoms with Crippen molar-refractivity contribution >= 4 is 34.1 Å². The van der Waals surface area contributed by atoms with Crippen LogP contribution in [0.15, 0.2) is 11.0 Å². The summed E-state index contributed by atoms with van der Waals surface area (Å²) in [4.78, 5) is 11.5. The van der Waals surface area contributed by atoms with Crippen LogP contribution in [0.25, 0.3) is 0 Å². The van der Waals surface area contributed by atoms with E-state index in [1.165, 1.54) is 5.41 Å². The summed E-state index contributed by atoms with van der Waals surface area (Å²) in [6.45, 7) is 2.15. The molecule has 0 aliphatic heterocycles. The topological polar surface area (TPSA) is 26.3 Å². The monoisotopic (exact) mass is 298 g/mol. The summed E-state index contributed by atoms with van der Waals surface area (Å²) in [6.07, 6.45) is -4.69. The summed E-state index contributed by atoms with van der Waals surface area (Å²) in [5, 5.41) is 1.39.